The van der Waals surface area contributed by atoms with E-state index in [1.54, 1.807) is 0 Å². The van der Waals surface area contributed by atoms with Crippen molar-refractivity contribution in [3.8, 4) is 0 Å². The van der Waals surface area contributed by atoms with E-state index in [1.807, 2.05) is 0 Å². The van der Waals surface area contributed by atoms with Crippen molar-refractivity contribution >= 4 is 0 Å². The molecule has 0 aromatic rings. The summed E-state index contributed by atoms with van der Waals surface area (Å²) < 4.78 is 0. The maximum Gasteiger partial charge on any atom is 0.0249 e. The molecule has 16 heavy (non-hydrogen) atoms. The molecule has 0 amide bonds. The topological polar surface area (TPSA) is 15.3 Å². The van der Waals surface area contributed by atoms with E-state index >= 15 is 0 Å². The first-order valence-corrected chi connectivity index (χ1v) is 7.36. The first kappa shape index (κ1) is 12.4. The van der Waals surface area contributed by atoms with Crippen LogP contribution in [0.4, 0.5) is 0 Å². The molecule has 1 N–H and O–H groups in total. The van der Waals surface area contributed by atoms with Crippen LogP contribution in [-0.4, -0.2) is 37.1 Å². The second kappa shape index (κ2) is 6.61. The minimum absolute atomic E-state index is 0.848. The molecule has 94 valence electrons. The Balaban J connectivity index is 1.86. The molecule has 1 unspecified atom stereocenters. The van der Waals surface area contributed by atoms with Crippen LogP contribution in [0, 0.1) is 5.92 Å². The van der Waals surface area contributed by atoms with Gasteiger partial charge in [-0.15, -0.1) is 0 Å². The molecule has 2 fully saturated rings. The van der Waals surface area contributed by atoms with Gasteiger partial charge < -0.3 is 5.32 Å². The molecule has 1 heterocycles. The third-order valence-electron chi connectivity index (χ3n) is 4.39. The molecule has 1 saturated carbocycles. The predicted octanol–water partition coefficient (Wildman–Crippen LogP) is 2.64. The molecule has 1 aliphatic carbocycles. The molecule has 1 saturated heterocycles. The van der Waals surface area contributed by atoms with Gasteiger partial charge in [-0.1, -0.05) is 32.6 Å². The SMILES string of the molecule is CCCCN1CCNCC1C1CCCCC1. The number of nitrogens with zero attached hydrogens (tertiary/aromatic N) is 1. The third-order valence-corrected chi connectivity index (χ3v) is 4.39. The largest absolute Gasteiger partial charge is 0.314 e. The highest BCUT2D eigenvalue weighted by Crippen LogP contribution is 2.29. The number of rotatable bonds is 4. The molecule has 2 heteroatoms. The Morgan fingerprint density at radius 3 is 2.75 bits per heavy atom. The van der Waals surface area contributed by atoms with Crippen molar-refractivity contribution in [1.82, 2.24) is 10.2 Å². The van der Waals surface area contributed by atoms with Crippen LogP contribution in [0.1, 0.15) is 51.9 Å². The van der Waals surface area contributed by atoms with Gasteiger partial charge in [0.2, 0.25) is 0 Å². The van der Waals surface area contributed by atoms with Gasteiger partial charge in [-0.25, -0.2) is 0 Å². The fraction of sp³-hybridized carbons (Fsp3) is 1.00. The van der Waals surface area contributed by atoms with Crippen LogP contribution in [0.5, 0.6) is 0 Å². The highest BCUT2D eigenvalue weighted by atomic mass is 15.2. The maximum atomic E-state index is 3.60. The van der Waals surface area contributed by atoms with Gasteiger partial charge >= 0.3 is 0 Å². The van der Waals surface area contributed by atoms with Gasteiger partial charge in [-0.05, 0) is 31.7 Å². The molecular formula is C14H28N2. The van der Waals surface area contributed by atoms with E-state index in [2.05, 4.69) is 17.1 Å². The predicted molar refractivity (Wildman–Crippen MR) is 69.7 cm³/mol. The zero-order valence-corrected chi connectivity index (χ0v) is 10.9. The van der Waals surface area contributed by atoms with Crippen molar-refractivity contribution in [3.05, 3.63) is 0 Å². The Bertz CT molecular complexity index is 187. The molecule has 0 aromatic carbocycles. The van der Waals surface area contributed by atoms with Crippen molar-refractivity contribution in [1.29, 1.82) is 0 Å². The average Bonchev–Trinajstić information content (AvgIpc) is 2.38. The van der Waals surface area contributed by atoms with Crippen molar-refractivity contribution in [3.63, 3.8) is 0 Å². The lowest BCUT2D eigenvalue weighted by atomic mass is 9.82. The molecule has 1 atom stereocenters. The van der Waals surface area contributed by atoms with Crippen molar-refractivity contribution in [2.24, 2.45) is 5.92 Å². The summed E-state index contributed by atoms with van der Waals surface area (Å²) in [5, 5.41) is 3.60. The first-order chi connectivity index (χ1) is 7.92. The average molecular weight is 224 g/mol. The zero-order chi connectivity index (χ0) is 11.2. The lowest BCUT2D eigenvalue weighted by Gasteiger charge is -2.42. The zero-order valence-electron chi connectivity index (χ0n) is 10.9. The molecule has 2 nitrogen and oxygen atoms in total. The summed E-state index contributed by atoms with van der Waals surface area (Å²) in [4.78, 5) is 2.77. The fourth-order valence-corrected chi connectivity index (χ4v) is 3.39. The second-order valence-corrected chi connectivity index (χ2v) is 5.56. The summed E-state index contributed by atoms with van der Waals surface area (Å²) in [6, 6.07) is 0.848. The third kappa shape index (κ3) is 3.21. The number of piperazine rings is 1. The summed E-state index contributed by atoms with van der Waals surface area (Å²) in [7, 11) is 0. The fourth-order valence-electron chi connectivity index (χ4n) is 3.39. The van der Waals surface area contributed by atoms with Crippen LogP contribution in [0.3, 0.4) is 0 Å². The number of nitrogens with one attached hydrogen (secondary N) is 1. The van der Waals surface area contributed by atoms with Crippen molar-refractivity contribution in [2.75, 3.05) is 26.2 Å². The molecule has 1 aliphatic heterocycles. The Morgan fingerprint density at radius 1 is 1.19 bits per heavy atom. The van der Waals surface area contributed by atoms with E-state index in [9.17, 15) is 0 Å². The molecular weight excluding hydrogens is 196 g/mol. The lowest BCUT2D eigenvalue weighted by molar-refractivity contribution is 0.0913. The van der Waals surface area contributed by atoms with Crippen LogP contribution in [0.25, 0.3) is 0 Å². The van der Waals surface area contributed by atoms with Gasteiger partial charge in [0.15, 0.2) is 0 Å². The van der Waals surface area contributed by atoms with Crippen LogP contribution < -0.4 is 5.32 Å². The number of unbranched alkanes of at least 4 members (excludes halogenated alkanes) is 1. The molecule has 0 spiro atoms. The van der Waals surface area contributed by atoms with Gasteiger partial charge in [-0.2, -0.15) is 0 Å². The first-order valence-electron chi connectivity index (χ1n) is 7.36. The minimum Gasteiger partial charge on any atom is -0.314 e. The van der Waals surface area contributed by atoms with E-state index < -0.39 is 0 Å². The summed E-state index contributed by atoms with van der Waals surface area (Å²) in [6.07, 6.45) is 10.1. The molecule has 0 aromatic heterocycles. The monoisotopic (exact) mass is 224 g/mol. The molecule has 2 aliphatic rings. The Kier molecular flexibility index (Phi) is 5.11. The van der Waals surface area contributed by atoms with Crippen LogP contribution in [0.15, 0.2) is 0 Å². The van der Waals surface area contributed by atoms with Crippen molar-refractivity contribution < 1.29 is 0 Å². The quantitative estimate of drug-likeness (QED) is 0.790. The highest BCUT2D eigenvalue weighted by molar-refractivity contribution is 4.86. The van der Waals surface area contributed by atoms with E-state index in [4.69, 9.17) is 0 Å². The van der Waals surface area contributed by atoms with E-state index in [-0.39, 0.29) is 0 Å². The molecule has 0 bridgehead atoms. The maximum absolute atomic E-state index is 3.60. The smallest absolute Gasteiger partial charge is 0.0249 e. The van der Waals surface area contributed by atoms with Gasteiger partial charge in [0.1, 0.15) is 0 Å². The summed E-state index contributed by atoms with van der Waals surface area (Å²) in [5.74, 6) is 0.985. The number of hydrogen-bond donors (Lipinski definition) is 1. The minimum atomic E-state index is 0.848. The Morgan fingerprint density at radius 2 is 2.00 bits per heavy atom. The standard InChI is InChI=1S/C14H28N2/c1-2-3-10-16-11-9-15-12-14(16)13-7-5-4-6-8-13/h13-15H,2-12H2,1H3. The van der Waals surface area contributed by atoms with Gasteiger partial charge in [0.05, 0.1) is 0 Å². The highest BCUT2D eigenvalue weighted by Gasteiger charge is 2.29. The van der Waals surface area contributed by atoms with Crippen LogP contribution in [-0.2, 0) is 0 Å². The van der Waals surface area contributed by atoms with E-state index in [0.29, 0.717) is 0 Å². The van der Waals surface area contributed by atoms with Gasteiger partial charge in [0.25, 0.3) is 0 Å². The molecule has 0 radical (unpaired) electrons. The summed E-state index contributed by atoms with van der Waals surface area (Å²) >= 11 is 0. The summed E-state index contributed by atoms with van der Waals surface area (Å²) in [6.45, 7) is 7.36. The molecule has 2 rings (SSSR count). The van der Waals surface area contributed by atoms with E-state index in [0.717, 1.165) is 12.0 Å². The van der Waals surface area contributed by atoms with E-state index in [1.165, 1.54) is 71.1 Å². The van der Waals surface area contributed by atoms with Gasteiger partial charge in [0, 0.05) is 25.7 Å². The summed E-state index contributed by atoms with van der Waals surface area (Å²) in [5.41, 5.74) is 0. The lowest BCUT2D eigenvalue weighted by Crippen LogP contribution is -2.54. The van der Waals surface area contributed by atoms with Crippen LogP contribution >= 0.6 is 0 Å². The van der Waals surface area contributed by atoms with Crippen molar-refractivity contribution in [2.45, 2.75) is 57.9 Å². The Hall–Kier alpha value is -0.0800. The second-order valence-electron chi connectivity index (χ2n) is 5.56. The normalized spacial score (nSPS) is 29.4. The van der Waals surface area contributed by atoms with Gasteiger partial charge in [-0.3, -0.25) is 4.90 Å². The Labute approximate surface area is 101 Å². The van der Waals surface area contributed by atoms with Crippen LogP contribution in [0.2, 0.25) is 0 Å². The number of hydrogen-bond acceptors (Lipinski definition) is 2.